The van der Waals surface area contributed by atoms with E-state index < -0.39 is 0 Å². The van der Waals surface area contributed by atoms with E-state index in [0.29, 0.717) is 0 Å². The fourth-order valence-electron chi connectivity index (χ4n) is 0.712. The monoisotopic (exact) mass is 211 g/mol. The molecule has 0 aromatic rings. The number of nitrogens with one attached hydrogen (secondary N) is 2. The van der Waals surface area contributed by atoms with Crippen molar-refractivity contribution in [1.82, 2.24) is 16.8 Å². The molecule has 2 heterocycles. The molecule has 0 saturated carbocycles. The quantitative estimate of drug-likeness (QED) is 0.423. The molecule has 0 fully saturated rings. The van der Waals surface area contributed by atoms with Crippen molar-refractivity contribution in [3.05, 3.63) is 24.3 Å². The number of hydrogen-bond donors (Lipinski definition) is 3. The van der Waals surface area contributed by atoms with Gasteiger partial charge in [0.1, 0.15) is 0 Å². The minimum atomic E-state index is -0.329. The zero-order valence-corrected chi connectivity index (χ0v) is 7.65. The van der Waals surface area contributed by atoms with Gasteiger partial charge in [-0.1, -0.05) is 0 Å². The van der Waals surface area contributed by atoms with Gasteiger partial charge in [0.05, 0.1) is 0 Å². The summed E-state index contributed by atoms with van der Waals surface area (Å²) < 4.78 is 0. The van der Waals surface area contributed by atoms with E-state index in [4.69, 9.17) is 0 Å². The average Bonchev–Trinajstić information content (AvgIpc) is 2.63. The SMILES string of the molecule is N.O=C1C=CC(=O)N1.O=C1C=CC(=O)N1. The third-order valence-electron chi connectivity index (χ3n) is 1.26. The van der Waals surface area contributed by atoms with Crippen molar-refractivity contribution < 1.29 is 19.2 Å². The normalized spacial score (nSPS) is 16.5. The van der Waals surface area contributed by atoms with Crippen molar-refractivity contribution in [2.75, 3.05) is 0 Å². The standard InChI is InChI=1S/2C4H3NO2.H3N/c2*6-3-1-2-4(7)5-3;/h2*1-2H,(H,5,6,7);1H3. The van der Waals surface area contributed by atoms with Gasteiger partial charge in [0.15, 0.2) is 0 Å². The predicted molar refractivity (Wildman–Crippen MR) is 49.6 cm³/mol. The van der Waals surface area contributed by atoms with E-state index >= 15 is 0 Å². The smallest absolute Gasteiger partial charge is 0.250 e. The summed E-state index contributed by atoms with van der Waals surface area (Å²) in [6.07, 6.45) is 4.79. The first-order valence-electron chi connectivity index (χ1n) is 3.64. The molecule has 80 valence electrons. The molecule has 4 amide bonds. The van der Waals surface area contributed by atoms with Crippen LogP contribution in [0.4, 0.5) is 0 Å². The average molecular weight is 211 g/mol. The van der Waals surface area contributed by atoms with Crippen LogP contribution in [-0.4, -0.2) is 23.6 Å². The lowest BCUT2D eigenvalue weighted by Crippen LogP contribution is -2.19. The van der Waals surface area contributed by atoms with Crippen molar-refractivity contribution in [3.8, 4) is 0 Å². The second kappa shape index (κ2) is 5.45. The molecule has 5 N–H and O–H groups in total. The molecule has 0 unspecified atom stereocenters. The molecule has 0 spiro atoms. The molecule has 7 heteroatoms. The maximum atomic E-state index is 10.0. The first-order valence-corrected chi connectivity index (χ1v) is 3.64. The van der Waals surface area contributed by atoms with Crippen LogP contribution >= 0.6 is 0 Å². The van der Waals surface area contributed by atoms with Crippen LogP contribution in [0.3, 0.4) is 0 Å². The number of carbonyl (C=O) groups excluding carboxylic acids is 4. The minimum absolute atomic E-state index is 0. The van der Waals surface area contributed by atoms with Crippen molar-refractivity contribution in [2.45, 2.75) is 0 Å². The van der Waals surface area contributed by atoms with Gasteiger partial charge in [-0.25, -0.2) is 0 Å². The van der Waals surface area contributed by atoms with Gasteiger partial charge in [0.2, 0.25) is 0 Å². The number of hydrogen-bond acceptors (Lipinski definition) is 5. The van der Waals surface area contributed by atoms with E-state index in [1.165, 1.54) is 24.3 Å². The van der Waals surface area contributed by atoms with Crippen molar-refractivity contribution in [3.63, 3.8) is 0 Å². The summed E-state index contributed by atoms with van der Waals surface area (Å²) in [4.78, 5) is 40.1. The zero-order chi connectivity index (χ0) is 10.6. The molecule has 7 nitrogen and oxygen atoms in total. The van der Waals surface area contributed by atoms with Gasteiger partial charge in [-0.3, -0.25) is 29.8 Å². The predicted octanol–water partition coefficient (Wildman–Crippen LogP) is -1.44. The molecule has 0 saturated heterocycles. The van der Waals surface area contributed by atoms with Gasteiger partial charge in [0.25, 0.3) is 23.6 Å². The summed E-state index contributed by atoms with van der Waals surface area (Å²) >= 11 is 0. The molecule has 0 atom stereocenters. The van der Waals surface area contributed by atoms with E-state index in [1.54, 1.807) is 0 Å². The van der Waals surface area contributed by atoms with Crippen molar-refractivity contribution in [1.29, 1.82) is 0 Å². The molecule has 2 aliphatic rings. The molecule has 2 rings (SSSR count). The van der Waals surface area contributed by atoms with E-state index in [1.807, 2.05) is 10.6 Å². The zero-order valence-electron chi connectivity index (χ0n) is 7.65. The first kappa shape index (κ1) is 12.7. The molecular weight excluding hydrogens is 202 g/mol. The van der Waals surface area contributed by atoms with Crippen LogP contribution < -0.4 is 16.8 Å². The lowest BCUT2D eigenvalue weighted by atomic mass is 10.6. The van der Waals surface area contributed by atoms with Gasteiger partial charge in [-0.05, 0) is 0 Å². The number of amides is 4. The van der Waals surface area contributed by atoms with Crippen LogP contribution in [0.5, 0.6) is 0 Å². The molecule has 0 aliphatic carbocycles. The fraction of sp³-hybridized carbons (Fsp3) is 0. The van der Waals surface area contributed by atoms with E-state index in [-0.39, 0.29) is 29.8 Å². The van der Waals surface area contributed by atoms with Gasteiger partial charge < -0.3 is 6.15 Å². The summed E-state index contributed by atoms with van der Waals surface area (Å²) in [6.45, 7) is 0. The van der Waals surface area contributed by atoms with Crippen molar-refractivity contribution >= 4 is 23.6 Å². The highest BCUT2D eigenvalue weighted by molar-refractivity contribution is 6.13. The van der Waals surface area contributed by atoms with Crippen LogP contribution in [0, 0.1) is 0 Å². The molecular formula is C8H9N3O4. The Kier molecular flexibility index (Phi) is 4.62. The highest BCUT2D eigenvalue weighted by Gasteiger charge is 2.07. The number of imide groups is 2. The third-order valence-corrected chi connectivity index (χ3v) is 1.26. The summed E-state index contributed by atoms with van der Waals surface area (Å²) in [7, 11) is 0. The van der Waals surface area contributed by atoms with Crippen LogP contribution in [-0.2, 0) is 19.2 Å². The van der Waals surface area contributed by atoms with E-state index in [2.05, 4.69) is 0 Å². The highest BCUT2D eigenvalue weighted by Crippen LogP contribution is 1.83. The van der Waals surface area contributed by atoms with Crippen LogP contribution in [0.1, 0.15) is 0 Å². The second-order valence-electron chi connectivity index (χ2n) is 2.37. The Morgan fingerprint density at radius 3 is 0.867 bits per heavy atom. The van der Waals surface area contributed by atoms with Gasteiger partial charge in [-0.15, -0.1) is 0 Å². The van der Waals surface area contributed by atoms with Gasteiger partial charge >= 0.3 is 0 Å². The second-order valence-corrected chi connectivity index (χ2v) is 2.37. The Morgan fingerprint density at radius 1 is 0.600 bits per heavy atom. The lowest BCUT2D eigenvalue weighted by Gasteiger charge is -1.80. The Balaban J connectivity index is 0.000000245. The lowest BCUT2D eigenvalue weighted by molar-refractivity contribution is -0.125. The molecule has 0 bridgehead atoms. The maximum Gasteiger partial charge on any atom is 0.250 e. The summed E-state index contributed by atoms with van der Waals surface area (Å²) in [5.74, 6) is -1.31. The molecule has 15 heavy (non-hydrogen) atoms. The topological polar surface area (TPSA) is 127 Å². The summed E-state index contributed by atoms with van der Waals surface area (Å²) in [6, 6.07) is 0. The highest BCUT2D eigenvalue weighted by atomic mass is 16.2. The Labute approximate surface area is 84.8 Å². The van der Waals surface area contributed by atoms with E-state index in [9.17, 15) is 19.2 Å². The third kappa shape index (κ3) is 4.48. The van der Waals surface area contributed by atoms with Crippen LogP contribution in [0.15, 0.2) is 24.3 Å². The molecule has 0 radical (unpaired) electrons. The largest absolute Gasteiger partial charge is 0.344 e. The van der Waals surface area contributed by atoms with Gasteiger partial charge in [-0.2, -0.15) is 0 Å². The summed E-state index contributed by atoms with van der Waals surface area (Å²) in [5, 5.41) is 4.06. The van der Waals surface area contributed by atoms with Crippen LogP contribution in [0.25, 0.3) is 0 Å². The summed E-state index contributed by atoms with van der Waals surface area (Å²) in [5.41, 5.74) is 0. The molecule has 2 aliphatic heterocycles. The molecule has 0 aromatic carbocycles. The minimum Gasteiger partial charge on any atom is -0.344 e. The Bertz CT molecular complexity index is 302. The molecule has 0 aromatic heterocycles. The first-order chi connectivity index (χ1) is 6.58. The van der Waals surface area contributed by atoms with Crippen LogP contribution in [0.2, 0.25) is 0 Å². The van der Waals surface area contributed by atoms with Gasteiger partial charge in [0, 0.05) is 24.3 Å². The Morgan fingerprint density at radius 2 is 0.800 bits per heavy atom. The van der Waals surface area contributed by atoms with Crippen molar-refractivity contribution in [2.24, 2.45) is 0 Å². The number of rotatable bonds is 0. The fourth-order valence-corrected chi connectivity index (χ4v) is 0.712. The Hall–Kier alpha value is -2.28. The van der Waals surface area contributed by atoms with E-state index in [0.717, 1.165) is 0 Å². The maximum absolute atomic E-state index is 10.0. The number of carbonyl (C=O) groups is 4.